The Balaban J connectivity index is 1.77. The van der Waals surface area contributed by atoms with Crippen LogP contribution in [0.2, 0.25) is 0 Å². The van der Waals surface area contributed by atoms with Gasteiger partial charge in [0.1, 0.15) is 11.9 Å². The number of rotatable bonds is 2. The molecule has 7 nitrogen and oxygen atoms in total. The van der Waals surface area contributed by atoms with Gasteiger partial charge in [-0.25, -0.2) is 14.9 Å². The Kier molecular flexibility index (Phi) is 3.21. The normalized spacial score (nSPS) is 18.8. The van der Waals surface area contributed by atoms with Crippen LogP contribution in [-0.2, 0) is 0 Å². The second-order valence-electron chi connectivity index (χ2n) is 4.75. The maximum Gasteiger partial charge on any atom is 0.434 e. The molecule has 102 valence electrons. The van der Waals surface area contributed by atoms with Gasteiger partial charge in [-0.3, -0.25) is 0 Å². The van der Waals surface area contributed by atoms with Crippen LogP contribution in [0.5, 0.6) is 0 Å². The van der Waals surface area contributed by atoms with Crippen molar-refractivity contribution < 1.29 is 4.42 Å². The number of aromatic nitrogens is 3. The first-order valence-corrected chi connectivity index (χ1v) is 6.43. The third-order valence-corrected chi connectivity index (χ3v) is 3.43. The molecule has 0 aliphatic carbocycles. The molecule has 1 aliphatic heterocycles. The Morgan fingerprint density at radius 1 is 1.50 bits per heavy atom. The number of nitriles is 1. The number of hydrogen-bond acceptors (Lipinski definition) is 6. The largest absolute Gasteiger partial charge is 0.434 e. The summed E-state index contributed by atoms with van der Waals surface area (Å²) in [7, 11) is 0. The van der Waals surface area contributed by atoms with Gasteiger partial charge in [0.15, 0.2) is 0 Å². The maximum absolute atomic E-state index is 11.0. The topological polar surface area (TPSA) is 98.8 Å². The van der Waals surface area contributed by atoms with Crippen molar-refractivity contribution in [3.8, 4) is 6.07 Å². The highest BCUT2D eigenvalue weighted by Gasteiger charge is 2.26. The van der Waals surface area contributed by atoms with E-state index in [1.165, 1.54) is 0 Å². The molecule has 2 aromatic rings. The van der Waals surface area contributed by atoms with Crippen molar-refractivity contribution in [3.63, 3.8) is 0 Å². The zero-order valence-electron chi connectivity index (χ0n) is 10.7. The van der Waals surface area contributed by atoms with E-state index in [0.717, 1.165) is 25.2 Å². The van der Waals surface area contributed by atoms with Gasteiger partial charge in [-0.15, -0.1) is 5.10 Å². The summed E-state index contributed by atoms with van der Waals surface area (Å²) >= 11 is 0. The number of hydrogen-bond donors (Lipinski definition) is 1. The summed E-state index contributed by atoms with van der Waals surface area (Å²) < 4.78 is 5.03. The first-order valence-electron chi connectivity index (χ1n) is 6.43. The Hall–Kier alpha value is -2.62. The summed E-state index contributed by atoms with van der Waals surface area (Å²) in [5.41, 5.74) is 0.542. The number of nitrogens with one attached hydrogen (secondary N) is 1. The first kappa shape index (κ1) is 12.4. The fraction of sp³-hybridized carbons (Fsp3) is 0.385. The third-order valence-electron chi connectivity index (χ3n) is 3.43. The van der Waals surface area contributed by atoms with Crippen LogP contribution < -0.4 is 10.7 Å². The minimum Gasteiger partial charge on any atom is -0.392 e. The van der Waals surface area contributed by atoms with Crippen LogP contribution in [0.3, 0.4) is 0 Å². The van der Waals surface area contributed by atoms with Gasteiger partial charge >= 0.3 is 5.76 Å². The van der Waals surface area contributed by atoms with Crippen LogP contribution in [-0.4, -0.2) is 28.3 Å². The zero-order valence-corrected chi connectivity index (χ0v) is 10.7. The molecule has 1 N–H and O–H groups in total. The molecular formula is C13H13N5O2. The van der Waals surface area contributed by atoms with Gasteiger partial charge in [-0.2, -0.15) is 5.26 Å². The van der Waals surface area contributed by atoms with Crippen LogP contribution >= 0.6 is 0 Å². The van der Waals surface area contributed by atoms with Gasteiger partial charge in [-0.1, -0.05) is 0 Å². The predicted octanol–water partition coefficient (Wildman–Crippen LogP) is 1.01. The summed E-state index contributed by atoms with van der Waals surface area (Å²) in [5.74, 6) is 0.841. The van der Waals surface area contributed by atoms with Crippen LogP contribution in [0.15, 0.2) is 27.5 Å². The van der Waals surface area contributed by atoms with E-state index < -0.39 is 5.76 Å². The fourth-order valence-corrected chi connectivity index (χ4v) is 2.44. The summed E-state index contributed by atoms with van der Waals surface area (Å²) in [6, 6.07) is 5.64. The molecule has 3 rings (SSSR count). The number of pyridine rings is 1. The molecule has 0 bridgehead atoms. The lowest BCUT2D eigenvalue weighted by molar-refractivity contribution is 0.384. The molecule has 1 atom stereocenters. The van der Waals surface area contributed by atoms with Crippen LogP contribution in [0, 0.1) is 11.3 Å². The second kappa shape index (κ2) is 5.17. The molecular weight excluding hydrogens is 258 g/mol. The Morgan fingerprint density at radius 2 is 2.40 bits per heavy atom. The number of nitrogens with zero attached hydrogens (tertiary/aromatic N) is 4. The standard InChI is InChI=1S/C13H13N5O2/c14-6-9-3-4-11(15-7-9)18-5-1-2-10(8-18)12-16-17-13(19)20-12/h3-4,7,10H,1-2,5,8H2,(H,17,19). The average Bonchev–Trinajstić information content (AvgIpc) is 2.94. The quantitative estimate of drug-likeness (QED) is 0.875. The van der Waals surface area contributed by atoms with Crippen molar-refractivity contribution in [1.82, 2.24) is 15.2 Å². The molecule has 2 aromatic heterocycles. The summed E-state index contributed by atoms with van der Waals surface area (Å²) in [6.07, 6.45) is 3.47. The summed E-state index contributed by atoms with van der Waals surface area (Å²) in [6.45, 7) is 1.59. The van der Waals surface area contributed by atoms with Gasteiger partial charge in [0.25, 0.3) is 0 Å². The van der Waals surface area contributed by atoms with Gasteiger partial charge in [-0.05, 0) is 25.0 Å². The molecule has 1 unspecified atom stereocenters. The molecule has 0 spiro atoms. The van der Waals surface area contributed by atoms with Gasteiger partial charge in [0, 0.05) is 19.3 Å². The molecule has 0 amide bonds. The van der Waals surface area contributed by atoms with Gasteiger partial charge in [0.2, 0.25) is 5.89 Å². The first-order chi connectivity index (χ1) is 9.76. The number of anilines is 1. The van der Waals surface area contributed by atoms with Crippen LogP contribution in [0.1, 0.15) is 30.2 Å². The maximum atomic E-state index is 11.0. The van der Waals surface area contributed by atoms with Crippen molar-refractivity contribution in [3.05, 3.63) is 40.3 Å². The Bertz CT molecular complexity index is 682. The molecule has 0 aromatic carbocycles. The average molecular weight is 271 g/mol. The number of piperidine rings is 1. The molecule has 0 saturated carbocycles. The monoisotopic (exact) mass is 271 g/mol. The van der Waals surface area contributed by atoms with Gasteiger partial charge in [0.05, 0.1) is 11.5 Å². The molecule has 3 heterocycles. The van der Waals surface area contributed by atoms with E-state index in [2.05, 4.69) is 20.1 Å². The lowest BCUT2D eigenvalue weighted by Crippen LogP contribution is -2.35. The van der Waals surface area contributed by atoms with Crippen molar-refractivity contribution in [2.75, 3.05) is 18.0 Å². The lowest BCUT2D eigenvalue weighted by Gasteiger charge is -2.31. The molecule has 1 aliphatic rings. The Labute approximate surface area is 114 Å². The smallest absolute Gasteiger partial charge is 0.392 e. The summed E-state index contributed by atoms with van der Waals surface area (Å²) in [5, 5.41) is 15.0. The van der Waals surface area contributed by atoms with E-state index in [9.17, 15) is 4.79 Å². The van der Waals surface area contributed by atoms with Crippen molar-refractivity contribution in [2.45, 2.75) is 18.8 Å². The molecule has 1 fully saturated rings. The third kappa shape index (κ3) is 2.40. The second-order valence-corrected chi connectivity index (χ2v) is 4.75. The Morgan fingerprint density at radius 3 is 3.05 bits per heavy atom. The van der Waals surface area contributed by atoms with Crippen molar-refractivity contribution in [2.24, 2.45) is 0 Å². The van der Waals surface area contributed by atoms with Crippen molar-refractivity contribution in [1.29, 1.82) is 5.26 Å². The van der Waals surface area contributed by atoms with E-state index >= 15 is 0 Å². The summed E-state index contributed by atoms with van der Waals surface area (Å²) in [4.78, 5) is 17.4. The van der Waals surface area contributed by atoms with E-state index in [-0.39, 0.29) is 5.92 Å². The highest BCUT2D eigenvalue weighted by atomic mass is 16.4. The van der Waals surface area contributed by atoms with Gasteiger partial charge < -0.3 is 9.32 Å². The highest BCUT2D eigenvalue weighted by Crippen LogP contribution is 2.27. The van der Waals surface area contributed by atoms with Crippen LogP contribution in [0.4, 0.5) is 5.82 Å². The SMILES string of the molecule is N#Cc1ccc(N2CCCC(c3n[nH]c(=O)o3)C2)nc1. The number of aromatic amines is 1. The minimum absolute atomic E-state index is 0.0835. The van der Waals surface area contributed by atoms with E-state index in [1.807, 2.05) is 12.1 Å². The molecule has 1 saturated heterocycles. The van der Waals surface area contributed by atoms with E-state index in [0.29, 0.717) is 18.0 Å². The van der Waals surface area contributed by atoms with E-state index in [4.69, 9.17) is 9.68 Å². The van der Waals surface area contributed by atoms with Crippen LogP contribution in [0.25, 0.3) is 0 Å². The van der Waals surface area contributed by atoms with E-state index in [1.54, 1.807) is 12.3 Å². The molecule has 0 radical (unpaired) electrons. The highest BCUT2D eigenvalue weighted by molar-refractivity contribution is 5.42. The zero-order chi connectivity index (χ0) is 13.9. The lowest BCUT2D eigenvalue weighted by atomic mass is 9.98. The predicted molar refractivity (Wildman–Crippen MR) is 70.3 cm³/mol. The van der Waals surface area contributed by atoms with Crippen molar-refractivity contribution >= 4 is 5.82 Å². The number of H-pyrrole nitrogens is 1. The molecule has 20 heavy (non-hydrogen) atoms. The minimum atomic E-state index is -0.520. The fourth-order valence-electron chi connectivity index (χ4n) is 2.44. The molecule has 7 heteroatoms.